The Morgan fingerprint density at radius 2 is 2.06 bits per heavy atom. The highest BCUT2D eigenvalue weighted by atomic mass is 79.9. The van der Waals surface area contributed by atoms with E-state index in [0.29, 0.717) is 5.33 Å². The van der Waals surface area contributed by atoms with Crippen LogP contribution in [0.1, 0.15) is 18.4 Å². The number of nitrogens with zero attached hydrogens (tertiary/aromatic N) is 2. The van der Waals surface area contributed by atoms with E-state index in [4.69, 9.17) is 0 Å². The van der Waals surface area contributed by atoms with E-state index in [-0.39, 0.29) is 10.6 Å². The van der Waals surface area contributed by atoms with Gasteiger partial charge in [0.2, 0.25) is 0 Å². The van der Waals surface area contributed by atoms with Crippen molar-refractivity contribution in [2.45, 2.75) is 18.2 Å². The zero-order chi connectivity index (χ0) is 11.5. The van der Waals surface area contributed by atoms with Crippen molar-refractivity contribution in [1.82, 2.24) is 0 Å². The van der Waals surface area contributed by atoms with Crippen molar-refractivity contribution in [2.24, 2.45) is 0 Å². The van der Waals surface area contributed by atoms with Gasteiger partial charge in [-0.05, 0) is 25.0 Å². The topological polar surface area (TPSA) is 46.4 Å². The Balaban J connectivity index is 2.32. The second-order valence-electron chi connectivity index (χ2n) is 3.90. The monoisotopic (exact) mass is 284 g/mol. The first-order chi connectivity index (χ1) is 7.72. The molecular formula is C11H13BrN2O2. The molecule has 0 atom stereocenters. The predicted octanol–water partition coefficient (Wildman–Crippen LogP) is 3.09. The standard InChI is InChI=1S/C11H13BrN2O2/c12-8-9-7-10(13-5-1-2-6-13)3-4-11(9)14(15)16/h3-4,7H,1-2,5-6,8H2. The van der Waals surface area contributed by atoms with E-state index in [1.807, 2.05) is 12.1 Å². The van der Waals surface area contributed by atoms with Crippen molar-refractivity contribution in [1.29, 1.82) is 0 Å². The Bertz CT molecular complexity index is 403. The van der Waals surface area contributed by atoms with Crippen LogP contribution in [0.5, 0.6) is 0 Å². The SMILES string of the molecule is O=[N+]([O-])c1ccc(N2CCCC2)cc1CBr. The van der Waals surface area contributed by atoms with Crippen molar-refractivity contribution in [3.63, 3.8) is 0 Å². The van der Waals surface area contributed by atoms with Gasteiger partial charge in [-0.15, -0.1) is 0 Å². The van der Waals surface area contributed by atoms with Crippen molar-refractivity contribution < 1.29 is 4.92 Å². The Morgan fingerprint density at radius 3 is 2.62 bits per heavy atom. The van der Waals surface area contributed by atoms with Crippen molar-refractivity contribution >= 4 is 27.3 Å². The minimum Gasteiger partial charge on any atom is -0.372 e. The largest absolute Gasteiger partial charge is 0.372 e. The van der Waals surface area contributed by atoms with Crippen LogP contribution in [0.25, 0.3) is 0 Å². The van der Waals surface area contributed by atoms with Crippen LogP contribution < -0.4 is 4.90 Å². The molecule has 1 aromatic rings. The van der Waals surface area contributed by atoms with E-state index in [9.17, 15) is 10.1 Å². The van der Waals surface area contributed by atoms with Crippen molar-refractivity contribution in [2.75, 3.05) is 18.0 Å². The predicted molar refractivity (Wildman–Crippen MR) is 67.2 cm³/mol. The Labute approximate surface area is 103 Å². The molecule has 0 aromatic heterocycles. The maximum Gasteiger partial charge on any atom is 0.273 e. The molecule has 1 heterocycles. The smallest absolute Gasteiger partial charge is 0.273 e. The molecule has 4 nitrogen and oxygen atoms in total. The summed E-state index contributed by atoms with van der Waals surface area (Å²) in [6.07, 6.45) is 2.42. The molecule has 1 aliphatic rings. The van der Waals surface area contributed by atoms with Crippen LogP contribution in [0.2, 0.25) is 0 Å². The molecule has 1 aromatic carbocycles. The summed E-state index contributed by atoms with van der Waals surface area (Å²) in [5.41, 5.74) is 2.03. The van der Waals surface area contributed by atoms with E-state index < -0.39 is 0 Å². The van der Waals surface area contributed by atoms with E-state index in [1.54, 1.807) is 6.07 Å². The van der Waals surface area contributed by atoms with Crippen LogP contribution in [0, 0.1) is 10.1 Å². The average molecular weight is 285 g/mol. The van der Waals surface area contributed by atoms with Crippen LogP contribution in [0.3, 0.4) is 0 Å². The fourth-order valence-electron chi connectivity index (χ4n) is 2.03. The summed E-state index contributed by atoms with van der Waals surface area (Å²) >= 11 is 3.30. The highest BCUT2D eigenvalue weighted by Crippen LogP contribution is 2.28. The molecule has 0 aliphatic carbocycles. The number of halogens is 1. The molecule has 1 fully saturated rings. The number of nitro benzene ring substituents is 1. The highest BCUT2D eigenvalue weighted by molar-refractivity contribution is 9.08. The van der Waals surface area contributed by atoms with Crippen molar-refractivity contribution in [3.8, 4) is 0 Å². The molecule has 0 bridgehead atoms. The molecule has 16 heavy (non-hydrogen) atoms. The van der Waals surface area contributed by atoms with Gasteiger partial charge >= 0.3 is 0 Å². The van der Waals surface area contributed by atoms with Crippen LogP contribution in [0.15, 0.2) is 18.2 Å². The summed E-state index contributed by atoms with van der Waals surface area (Å²) in [5, 5.41) is 11.3. The quantitative estimate of drug-likeness (QED) is 0.487. The van der Waals surface area contributed by atoms with Gasteiger partial charge in [-0.3, -0.25) is 10.1 Å². The number of benzene rings is 1. The zero-order valence-corrected chi connectivity index (χ0v) is 10.4. The molecule has 86 valence electrons. The summed E-state index contributed by atoms with van der Waals surface area (Å²) in [6, 6.07) is 5.36. The average Bonchev–Trinajstić information content (AvgIpc) is 2.81. The molecule has 0 amide bonds. The fraction of sp³-hybridized carbons (Fsp3) is 0.455. The number of anilines is 1. The van der Waals surface area contributed by atoms with Crippen molar-refractivity contribution in [3.05, 3.63) is 33.9 Å². The van der Waals surface area contributed by atoms with Crippen LogP contribution >= 0.6 is 15.9 Å². The summed E-state index contributed by atoms with van der Waals surface area (Å²) < 4.78 is 0. The maximum atomic E-state index is 10.8. The second-order valence-corrected chi connectivity index (χ2v) is 4.46. The van der Waals surface area contributed by atoms with Gasteiger partial charge in [0.15, 0.2) is 0 Å². The molecule has 1 aliphatic heterocycles. The first-order valence-corrected chi connectivity index (χ1v) is 6.43. The van der Waals surface area contributed by atoms with E-state index in [2.05, 4.69) is 20.8 Å². The number of alkyl halides is 1. The van der Waals surface area contributed by atoms with Crippen LogP contribution in [-0.2, 0) is 5.33 Å². The van der Waals surface area contributed by atoms with Gasteiger partial charge in [0, 0.05) is 35.7 Å². The first-order valence-electron chi connectivity index (χ1n) is 5.30. The lowest BCUT2D eigenvalue weighted by atomic mass is 10.1. The third kappa shape index (κ3) is 2.19. The summed E-state index contributed by atoms with van der Waals surface area (Å²) in [7, 11) is 0. The Morgan fingerprint density at radius 1 is 1.38 bits per heavy atom. The number of rotatable bonds is 3. The summed E-state index contributed by atoms with van der Waals surface area (Å²) in [4.78, 5) is 12.7. The molecule has 0 radical (unpaired) electrons. The number of hydrogen-bond acceptors (Lipinski definition) is 3. The molecule has 0 unspecified atom stereocenters. The minimum atomic E-state index is -0.329. The third-order valence-electron chi connectivity index (χ3n) is 2.87. The number of hydrogen-bond donors (Lipinski definition) is 0. The number of nitro groups is 1. The first kappa shape index (κ1) is 11.4. The fourth-order valence-corrected chi connectivity index (χ4v) is 2.48. The van der Waals surface area contributed by atoms with E-state index >= 15 is 0 Å². The molecule has 5 heteroatoms. The molecule has 0 spiro atoms. The van der Waals surface area contributed by atoms with E-state index in [0.717, 1.165) is 24.3 Å². The third-order valence-corrected chi connectivity index (χ3v) is 3.48. The highest BCUT2D eigenvalue weighted by Gasteiger charge is 2.17. The molecule has 0 saturated carbocycles. The normalized spacial score (nSPS) is 15.4. The summed E-state index contributed by atoms with van der Waals surface area (Å²) in [5.74, 6) is 0. The second kappa shape index (κ2) is 4.82. The van der Waals surface area contributed by atoms with Crippen LogP contribution in [-0.4, -0.2) is 18.0 Å². The van der Waals surface area contributed by atoms with Gasteiger partial charge in [-0.1, -0.05) is 15.9 Å². The van der Waals surface area contributed by atoms with Gasteiger partial charge < -0.3 is 4.90 Å². The lowest BCUT2D eigenvalue weighted by Crippen LogP contribution is -2.17. The van der Waals surface area contributed by atoms with Gasteiger partial charge in [0.25, 0.3) is 5.69 Å². The van der Waals surface area contributed by atoms with Gasteiger partial charge in [-0.25, -0.2) is 0 Å². The maximum absolute atomic E-state index is 10.8. The minimum absolute atomic E-state index is 0.194. The van der Waals surface area contributed by atoms with Gasteiger partial charge in [0.1, 0.15) is 0 Å². The Hall–Kier alpha value is -1.10. The lowest BCUT2D eigenvalue weighted by Gasteiger charge is -2.18. The molecule has 1 saturated heterocycles. The van der Waals surface area contributed by atoms with Gasteiger partial charge in [-0.2, -0.15) is 0 Å². The van der Waals surface area contributed by atoms with E-state index in [1.165, 1.54) is 12.8 Å². The molecule has 2 rings (SSSR count). The van der Waals surface area contributed by atoms with Gasteiger partial charge in [0.05, 0.1) is 4.92 Å². The zero-order valence-electron chi connectivity index (χ0n) is 8.86. The Kier molecular flexibility index (Phi) is 3.43. The molecule has 0 N–H and O–H groups in total. The summed E-state index contributed by atoms with van der Waals surface area (Å²) in [6.45, 7) is 2.11. The van der Waals surface area contributed by atoms with Crippen LogP contribution in [0.4, 0.5) is 11.4 Å². The molecular weight excluding hydrogens is 272 g/mol. The lowest BCUT2D eigenvalue weighted by molar-refractivity contribution is -0.385.